The fourth-order valence-electron chi connectivity index (χ4n) is 4.16. The highest BCUT2D eigenvalue weighted by Gasteiger charge is 2.28. The fraction of sp³-hybridized carbons (Fsp3) is 0.476. The Morgan fingerprint density at radius 1 is 1.13 bits per heavy atom. The SMILES string of the molecule is COC(=O)c1c(NC(=S)NNC(=O)c2csc3c2CCCC3)sc2c1CC[C@@H](C)C2. The highest BCUT2D eigenvalue weighted by atomic mass is 32.1. The van der Waals surface area contributed by atoms with Gasteiger partial charge >= 0.3 is 5.97 Å². The molecule has 30 heavy (non-hydrogen) atoms. The Kier molecular flexibility index (Phi) is 6.40. The second-order valence-corrected chi connectivity index (χ2v) is 10.3. The first-order chi connectivity index (χ1) is 14.5. The lowest BCUT2D eigenvalue weighted by Gasteiger charge is -2.18. The van der Waals surface area contributed by atoms with Crippen LogP contribution in [0.25, 0.3) is 0 Å². The van der Waals surface area contributed by atoms with E-state index >= 15 is 0 Å². The Morgan fingerprint density at radius 3 is 2.73 bits per heavy atom. The number of hydrazine groups is 1. The third-order valence-corrected chi connectivity index (χ3v) is 8.19. The van der Waals surface area contributed by atoms with Gasteiger partial charge in [0.2, 0.25) is 0 Å². The van der Waals surface area contributed by atoms with Crippen molar-refractivity contribution < 1.29 is 14.3 Å². The highest BCUT2D eigenvalue weighted by molar-refractivity contribution is 7.80. The number of hydrogen-bond donors (Lipinski definition) is 3. The largest absolute Gasteiger partial charge is 0.465 e. The summed E-state index contributed by atoms with van der Waals surface area (Å²) < 4.78 is 5.01. The van der Waals surface area contributed by atoms with Crippen molar-refractivity contribution in [2.45, 2.75) is 51.9 Å². The average Bonchev–Trinajstić information content (AvgIpc) is 3.32. The van der Waals surface area contributed by atoms with Gasteiger partial charge in [0.15, 0.2) is 5.11 Å². The van der Waals surface area contributed by atoms with Crippen LogP contribution in [0, 0.1) is 5.92 Å². The monoisotopic (exact) mass is 463 g/mol. The predicted octanol–water partition coefficient (Wildman–Crippen LogP) is 4.23. The molecular formula is C21H25N3O3S3. The van der Waals surface area contributed by atoms with Gasteiger partial charge in [-0.15, -0.1) is 22.7 Å². The van der Waals surface area contributed by atoms with Crippen LogP contribution in [0.1, 0.15) is 67.8 Å². The van der Waals surface area contributed by atoms with E-state index in [0.29, 0.717) is 16.5 Å². The lowest BCUT2D eigenvalue weighted by Crippen LogP contribution is -2.44. The molecule has 6 nitrogen and oxygen atoms in total. The van der Waals surface area contributed by atoms with Crippen molar-refractivity contribution in [2.24, 2.45) is 5.92 Å². The van der Waals surface area contributed by atoms with E-state index in [0.717, 1.165) is 55.2 Å². The molecule has 2 aliphatic carbocycles. The maximum atomic E-state index is 12.6. The van der Waals surface area contributed by atoms with Gasteiger partial charge in [-0.1, -0.05) is 6.92 Å². The summed E-state index contributed by atoms with van der Waals surface area (Å²) in [5.41, 5.74) is 8.98. The molecule has 0 bridgehead atoms. The number of fused-ring (bicyclic) bond motifs is 2. The number of carbonyl (C=O) groups is 2. The minimum absolute atomic E-state index is 0.189. The molecular weight excluding hydrogens is 438 g/mol. The number of carbonyl (C=O) groups excluding carboxylic acids is 2. The molecule has 1 atom stereocenters. The molecule has 2 aromatic rings. The second kappa shape index (κ2) is 9.03. The van der Waals surface area contributed by atoms with E-state index in [-0.39, 0.29) is 17.0 Å². The molecule has 3 N–H and O–H groups in total. The van der Waals surface area contributed by atoms with Crippen LogP contribution in [0.2, 0.25) is 0 Å². The first kappa shape index (κ1) is 21.3. The summed E-state index contributed by atoms with van der Waals surface area (Å²) in [6.45, 7) is 2.22. The van der Waals surface area contributed by atoms with Crippen molar-refractivity contribution >= 4 is 56.9 Å². The maximum absolute atomic E-state index is 12.6. The van der Waals surface area contributed by atoms with Gasteiger partial charge in [0, 0.05) is 15.1 Å². The third kappa shape index (κ3) is 4.24. The van der Waals surface area contributed by atoms with E-state index in [9.17, 15) is 9.59 Å². The zero-order chi connectivity index (χ0) is 21.3. The van der Waals surface area contributed by atoms with Crippen LogP contribution in [0.5, 0.6) is 0 Å². The number of hydrogen-bond acceptors (Lipinski definition) is 6. The van der Waals surface area contributed by atoms with E-state index in [4.69, 9.17) is 17.0 Å². The minimum Gasteiger partial charge on any atom is -0.465 e. The Morgan fingerprint density at radius 2 is 1.93 bits per heavy atom. The number of amides is 1. The van der Waals surface area contributed by atoms with Gasteiger partial charge in [-0.25, -0.2) is 4.79 Å². The van der Waals surface area contributed by atoms with E-state index in [2.05, 4.69) is 23.1 Å². The molecule has 2 aliphatic rings. The molecule has 0 fully saturated rings. The highest BCUT2D eigenvalue weighted by Crippen LogP contribution is 2.40. The van der Waals surface area contributed by atoms with Crippen molar-refractivity contribution in [2.75, 3.05) is 12.4 Å². The number of thiocarbonyl (C=S) groups is 1. The van der Waals surface area contributed by atoms with Crippen molar-refractivity contribution in [3.63, 3.8) is 0 Å². The van der Waals surface area contributed by atoms with Crippen molar-refractivity contribution in [3.05, 3.63) is 37.4 Å². The van der Waals surface area contributed by atoms with Gasteiger partial charge in [-0.3, -0.25) is 15.6 Å². The summed E-state index contributed by atoms with van der Waals surface area (Å²) in [5, 5.41) is 5.92. The minimum atomic E-state index is -0.360. The van der Waals surface area contributed by atoms with Crippen molar-refractivity contribution in [1.29, 1.82) is 0 Å². The van der Waals surface area contributed by atoms with Crippen LogP contribution < -0.4 is 16.2 Å². The zero-order valence-corrected chi connectivity index (χ0v) is 19.5. The zero-order valence-electron chi connectivity index (χ0n) is 17.1. The van der Waals surface area contributed by atoms with Crippen LogP contribution in [-0.4, -0.2) is 24.1 Å². The van der Waals surface area contributed by atoms with E-state index in [1.54, 1.807) is 11.3 Å². The number of aryl methyl sites for hydroxylation is 1. The van der Waals surface area contributed by atoms with Crippen LogP contribution >= 0.6 is 34.9 Å². The Hall–Kier alpha value is -1.97. The maximum Gasteiger partial charge on any atom is 0.341 e. The molecule has 160 valence electrons. The summed E-state index contributed by atoms with van der Waals surface area (Å²) in [5.74, 6) is 0.0442. The van der Waals surface area contributed by atoms with Gasteiger partial charge in [-0.2, -0.15) is 0 Å². The van der Waals surface area contributed by atoms with E-state index in [1.165, 1.54) is 34.6 Å². The second-order valence-electron chi connectivity index (χ2n) is 7.84. The third-order valence-electron chi connectivity index (χ3n) is 5.72. The molecule has 0 saturated carbocycles. The summed E-state index contributed by atoms with van der Waals surface area (Å²) in [6, 6.07) is 0. The molecule has 1 amide bonds. The number of esters is 1. The van der Waals surface area contributed by atoms with Crippen LogP contribution in [0.4, 0.5) is 5.00 Å². The molecule has 0 aliphatic heterocycles. The summed E-state index contributed by atoms with van der Waals surface area (Å²) >= 11 is 8.56. The summed E-state index contributed by atoms with van der Waals surface area (Å²) in [4.78, 5) is 27.5. The normalized spacial score (nSPS) is 17.5. The number of thiophene rings is 2. The lowest BCUT2D eigenvalue weighted by molar-refractivity contribution is 0.0600. The van der Waals surface area contributed by atoms with E-state index in [1.807, 2.05) is 5.38 Å². The van der Waals surface area contributed by atoms with Gasteiger partial charge in [0.05, 0.1) is 18.2 Å². The molecule has 2 heterocycles. The van der Waals surface area contributed by atoms with Crippen molar-refractivity contribution in [3.8, 4) is 0 Å². The van der Waals surface area contributed by atoms with E-state index < -0.39 is 0 Å². The molecule has 0 unspecified atom stereocenters. The number of nitrogens with one attached hydrogen (secondary N) is 3. The van der Waals surface area contributed by atoms with Gasteiger partial charge in [-0.05, 0) is 74.2 Å². The Balaban J connectivity index is 1.43. The van der Waals surface area contributed by atoms with Gasteiger partial charge in [0.25, 0.3) is 5.91 Å². The molecule has 0 radical (unpaired) electrons. The van der Waals surface area contributed by atoms with Crippen LogP contribution in [0.3, 0.4) is 0 Å². The molecule has 0 spiro atoms. The first-order valence-corrected chi connectivity index (χ1v) is 12.3. The molecule has 0 aromatic carbocycles. The Labute approximate surface area is 189 Å². The van der Waals surface area contributed by atoms with Crippen LogP contribution in [-0.2, 0) is 30.4 Å². The number of methoxy groups -OCH3 is 1. The van der Waals surface area contributed by atoms with Crippen LogP contribution in [0.15, 0.2) is 5.38 Å². The van der Waals surface area contributed by atoms with Gasteiger partial charge in [0.1, 0.15) is 5.00 Å². The number of ether oxygens (including phenoxy) is 1. The standard InChI is InChI=1S/C21H25N3O3S3/c1-11-7-8-13-16(9-11)30-19(17(13)20(26)27-2)22-21(28)24-23-18(25)14-10-29-15-6-4-3-5-12(14)15/h10-11H,3-9H2,1-2H3,(H,23,25)(H2,22,24,28)/t11-/m1/s1. The molecule has 0 saturated heterocycles. The average molecular weight is 464 g/mol. The number of anilines is 1. The summed E-state index contributed by atoms with van der Waals surface area (Å²) in [7, 11) is 1.39. The Bertz CT molecular complexity index is 995. The smallest absolute Gasteiger partial charge is 0.341 e. The molecule has 4 rings (SSSR count). The quantitative estimate of drug-likeness (QED) is 0.359. The fourth-order valence-corrected chi connectivity index (χ4v) is 6.90. The first-order valence-electron chi connectivity index (χ1n) is 10.2. The topological polar surface area (TPSA) is 79.5 Å². The lowest BCUT2D eigenvalue weighted by atomic mass is 9.88. The van der Waals surface area contributed by atoms with Crippen molar-refractivity contribution in [1.82, 2.24) is 10.9 Å². The molecule has 9 heteroatoms. The van der Waals surface area contributed by atoms with Gasteiger partial charge < -0.3 is 10.1 Å². The summed E-state index contributed by atoms with van der Waals surface area (Å²) in [6.07, 6.45) is 7.18. The predicted molar refractivity (Wildman–Crippen MR) is 125 cm³/mol. The molecule has 2 aromatic heterocycles. The number of rotatable bonds is 3.